The molecule has 2 atom stereocenters. The Bertz CT molecular complexity index is 195. The molecule has 0 saturated carbocycles. The lowest BCUT2D eigenvalue weighted by Gasteiger charge is -2.23. The van der Waals surface area contributed by atoms with Gasteiger partial charge in [-0.3, -0.25) is 9.59 Å². The first kappa shape index (κ1) is 6.53. The van der Waals surface area contributed by atoms with Crippen LogP contribution in [-0.4, -0.2) is 24.1 Å². The topological polar surface area (TPSA) is 91.5 Å². The molecule has 0 radical (unpaired) electrons. The van der Waals surface area contributed by atoms with Crippen LogP contribution in [0.15, 0.2) is 0 Å². The monoisotopic (exact) mass is 158 g/mol. The largest absolute Gasteiger partial charge is 0.327 e. The third-order valence-electron chi connectivity index (χ3n) is 1.48. The van der Waals surface area contributed by atoms with E-state index in [1.165, 1.54) is 0 Å². The van der Waals surface area contributed by atoms with Crippen LogP contribution in [0.25, 0.3) is 0 Å². The fourth-order valence-corrected chi connectivity index (χ4v) is 0.936. The molecule has 0 aromatic heterocycles. The summed E-state index contributed by atoms with van der Waals surface area (Å²) in [5.74, 6) is -1.32. The molecule has 0 aromatic rings. The van der Waals surface area contributed by atoms with Gasteiger partial charge in [-0.05, 0) is 0 Å². The van der Waals surface area contributed by atoms with Crippen LogP contribution in [0.4, 0.5) is 0 Å². The Hall–Kier alpha value is -1.18. The van der Waals surface area contributed by atoms with Gasteiger partial charge in [0.05, 0.1) is 0 Å². The second-order valence-corrected chi connectivity index (χ2v) is 2.24. The van der Waals surface area contributed by atoms with Gasteiger partial charge >= 0.3 is 11.8 Å². The quantitative estimate of drug-likeness (QED) is 0.281. The molecule has 0 aromatic carbocycles. The van der Waals surface area contributed by atoms with E-state index in [2.05, 4.69) is 26.5 Å². The van der Waals surface area contributed by atoms with Crippen LogP contribution in [0, 0.1) is 0 Å². The van der Waals surface area contributed by atoms with E-state index in [9.17, 15) is 9.59 Å². The molecular weight excluding hydrogens is 152 g/mol. The van der Waals surface area contributed by atoms with Crippen molar-refractivity contribution >= 4 is 11.8 Å². The number of hydroxylamine groups is 2. The number of carbonyl (C=O) groups is 2. The van der Waals surface area contributed by atoms with Crippen molar-refractivity contribution in [1.82, 2.24) is 21.6 Å². The Morgan fingerprint density at radius 1 is 1.00 bits per heavy atom. The van der Waals surface area contributed by atoms with Gasteiger partial charge < -0.3 is 10.6 Å². The number of rotatable bonds is 0. The Kier molecular flexibility index (Phi) is 1.28. The Balaban J connectivity index is 2.12. The Morgan fingerprint density at radius 3 is 1.91 bits per heavy atom. The molecule has 2 heterocycles. The standard InChI is InChI=1S/C4H6N4O3/c9-3-4(10)6-2-1(5-3)7-11-8-2/h1-2,7-8H,(H,5,9)(H,6,10). The molecule has 2 fully saturated rings. The SMILES string of the molecule is O=C1NC2NONC2NC1=O. The minimum atomic E-state index is -0.661. The van der Waals surface area contributed by atoms with Crippen molar-refractivity contribution in [3.8, 4) is 0 Å². The molecule has 0 aliphatic carbocycles. The highest BCUT2D eigenvalue weighted by Crippen LogP contribution is 1.98. The Morgan fingerprint density at radius 2 is 1.45 bits per heavy atom. The van der Waals surface area contributed by atoms with Crippen molar-refractivity contribution in [2.24, 2.45) is 0 Å². The molecule has 7 heteroatoms. The number of piperazine rings is 1. The summed E-state index contributed by atoms with van der Waals surface area (Å²) in [6.45, 7) is 0. The highest BCUT2D eigenvalue weighted by molar-refractivity contribution is 6.35. The predicted molar refractivity (Wildman–Crippen MR) is 31.2 cm³/mol. The van der Waals surface area contributed by atoms with E-state index in [1.54, 1.807) is 0 Å². The summed E-state index contributed by atoms with van der Waals surface area (Å²) in [4.78, 5) is 25.9. The van der Waals surface area contributed by atoms with Gasteiger partial charge in [0, 0.05) is 0 Å². The van der Waals surface area contributed by atoms with E-state index >= 15 is 0 Å². The van der Waals surface area contributed by atoms with Crippen molar-refractivity contribution in [1.29, 1.82) is 0 Å². The van der Waals surface area contributed by atoms with Crippen molar-refractivity contribution < 1.29 is 14.5 Å². The van der Waals surface area contributed by atoms with Gasteiger partial charge in [0.15, 0.2) is 0 Å². The summed E-state index contributed by atoms with van der Waals surface area (Å²) in [6, 6.07) is 0. The fourth-order valence-electron chi connectivity index (χ4n) is 0.936. The van der Waals surface area contributed by atoms with Gasteiger partial charge in [-0.15, -0.1) is 0 Å². The number of fused-ring (bicyclic) bond motifs is 1. The van der Waals surface area contributed by atoms with E-state index in [1.807, 2.05) is 0 Å². The van der Waals surface area contributed by atoms with E-state index in [-0.39, 0.29) is 12.3 Å². The van der Waals surface area contributed by atoms with Crippen LogP contribution in [0.2, 0.25) is 0 Å². The van der Waals surface area contributed by atoms with Crippen LogP contribution in [0.1, 0.15) is 0 Å². The third kappa shape index (κ3) is 0.946. The second kappa shape index (κ2) is 2.16. The zero-order valence-electron chi connectivity index (χ0n) is 5.38. The molecule has 60 valence electrons. The summed E-state index contributed by atoms with van der Waals surface area (Å²) in [5, 5.41) is 4.76. The minimum absolute atomic E-state index is 0.389. The van der Waals surface area contributed by atoms with Gasteiger partial charge in [-0.1, -0.05) is 0 Å². The lowest BCUT2D eigenvalue weighted by atomic mass is 10.3. The van der Waals surface area contributed by atoms with Gasteiger partial charge in [-0.2, -0.15) is 11.0 Å². The number of amides is 2. The van der Waals surface area contributed by atoms with Crippen LogP contribution in [-0.2, 0) is 14.5 Å². The number of carbonyl (C=O) groups excluding carboxylic acids is 2. The summed E-state index contributed by atoms with van der Waals surface area (Å²) >= 11 is 0. The molecule has 11 heavy (non-hydrogen) atoms. The molecule has 2 saturated heterocycles. The van der Waals surface area contributed by atoms with E-state index in [0.717, 1.165) is 0 Å². The zero-order valence-corrected chi connectivity index (χ0v) is 5.38. The van der Waals surface area contributed by atoms with Crippen molar-refractivity contribution in [3.05, 3.63) is 0 Å². The van der Waals surface area contributed by atoms with Crippen LogP contribution >= 0.6 is 0 Å². The fraction of sp³-hybridized carbons (Fsp3) is 0.500. The van der Waals surface area contributed by atoms with Crippen molar-refractivity contribution in [2.45, 2.75) is 12.3 Å². The first-order valence-electron chi connectivity index (χ1n) is 3.05. The Labute approximate surface area is 61.4 Å². The maximum Gasteiger partial charge on any atom is 0.310 e. The van der Waals surface area contributed by atoms with Gasteiger partial charge in [-0.25, -0.2) is 4.94 Å². The maximum absolute atomic E-state index is 10.7. The summed E-state index contributed by atoms with van der Waals surface area (Å²) in [5.41, 5.74) is 4.90. The van der Waals surface area contributed by atoms with E-state index < -0.39 is 11.8 Å². The van der Waals surface area contributed by atoms with Gasteiger partial charge in [0.2, 0.25) is 0 Å². The molecule has 2 amide bonds. The summed E-state index contributed by atoms with van der Waals surface area (Å²) in [6.07, 6.45) is -0.777. The average Bonchev–Trinajstić information content (AvgIpc) is 2.36. The first-order chi connectivity index (χ1) is 5.27. The van der Waals surface area contributed by atoms with Crippen molar-refractivity contribution in [2.75, 3.05) is 0 Å². The highest BCUT2D eigenvalue weighted by atomic mass is 16.8. The van der Waals surface area contributed by atoms with Crippen LogP contribution in [0.5, 0.6) is 0 Å². The number of hydrogen-bond donors (Lipinski definition) is 4. The number of nitrogens with one attached hydrogen (secondary N) is 4. The van der Waals surface area contributed by atoms with Gasteiger partial charge in [0.1, 0.15) is 12.3 Å². The minimum Gasteiger partial charge on any atom is -0.327 e. The molecular formula is C4H6N4O3. The highest BCUT2D eigenvalue weighted by Gasteiger charge is 2.37. The molecule has 2 aliphatic rings. The average molecular weight is 158 g/mol. The first-order valence-corrected chi connectivity index (χ1v) is 3.05. The smallest absolute Gasteiger partial charge is 0.310 e. The van der Waals surface area contributed by atoms with E-state index in [4.69, 9.17) is 0 Å². The molecule has 7 nitrogen and oxygen atoms in total. The maximum atomic E-state index is 10.7. The normalized spacial score (nSPS) is 36.0. The lowest BCUT2D eigenvalue weighted by molar-refractivity contribution is -0.142. The predicted octanol–water partition coefficient (Wildman–Crippen LogP) is -3.08. The molecule has 4 N–H and O–H groups in total. The summed E-state index contributed by atoms with van der Waals surface area (Å²) < 4.78 is 0. The lowest BCUT2D eigenvalue weighted by Crippen LogP contribution is -2.65. The molecule has 2 rings (SSSR count). The molecule has 0 spiro atoms. The van der Waals surface area contributed by atoms with Crippen molar-refractivity contribution in [3.63, 3.8) is 0 Å². The third-order valence-corrected chi connectivity index (χ3v) is 1.48. The van der Waals surface area contributed by atoms with E-state index in [0.29, 0.717) is 0 Å². The molecule has 2 aliphatic heterocycles. The van der Waals surface area contributed by atoms with Crippen LogP contribution < -0.4 is 21.6 Å². The molecule has 2 unspecified atom stereocenters. The van der Waals surface area contributed by atoms with Crippen LogP contribution in [0.3, 0.4) is 0 Å². The van der Waals surface area contributed by atoms with Gasteiger partial charge in [0.25, 0.3) is 0 Å². The zero-order chi connectivity index (χ0) is 7.84. The number of hydrogen-bond acceptors (Lipinski definition) is 5. The molecule has 0 bridgehead atoms. The summed E-state index contributed by atoms with van der Waals surface area (Å²) in [7, 11) is 0. The second-order valence-electron chi connectivity index (χ2n) is 2.24.